The van der Waals surface area contributed by atoms with E-state index in [1.54, 1.807) is 4.90 Å². The Balaban J connectivity index is 1.22. The molecule has 9 heteroatoms. The van der Waals surface area contributed by atoms with Gasteiger partial charge in [-0.2, -0.15) is 0 Å². The number of aryl methyl sites for hydroxylation is 1. The number of fused-ring (bicyclic) bond motifs is 3. The lowest BCUT2D eigenvalue weighted by Crippen LogP contribution is -2.71. The number of carboxylic acid groups (broad SMARTS) is 1. The van der Waals surface area contributed by atoms with Crippen molar-refractivity contribution in [2.24, 2.45) is 10.8 Å². The van der Waals surface area contributed by atoms with Crippen molar-refractivity contribution in [1.29, 1.82) is 0 Å². The smallest absolute Gasteiger partial charge is 0.407 e. The summed E-state index contributed by atoms with van der Waals surface area (Å²) in [6.45, 7) is 10.2. The highest BCUT2D eigenvalue weighted by Gasteiger charge is 2.57. The van der Waals surface area contributed by atoms with Crippen molar-refractivity contribution in [3.8, 4) is 0 Å². The zero-order valence-corrected chi connectivity index (χ0v) is 23.7. The second-order valence-corrected chi connectivity index (χ2v) is 13.0. The topological polar surface area (TPSA) is 108 Å². The number of nitrogens with zero attached hydrogens (tertiary/aromatic N) is 4. The fraction of sp³-hybridized carbons (Fsp3) is 0.548. The molecule has 0 bridgehead atoms. The molecule has 0 radical (unpaired) electrons. The van der Waals surface area contributed by atoms with Crippen LogP contribution in [0.15, 0.2) is 36.5 Å². The normalized spacial score (nSPS) is 23.5. The van der Waals surface area contributed by atoms with E-state index in [1.807, 2.05) is 29.0 Å². The number of carbonyl (C=O) groups is 3. The highest BCUT2D eigenvalue weighted by molar-refractivity contribution is 6.10. The molecule has 9 nitrogen and oxygen atoms in total. The molecular weight excluding hydrogens is 506 g/mol. The van der Waals surface area contributed by atoms with Gasteiger partial charge in [0.25, 0.3) is 0 Å². The van der Waals surface area contributed by atoms with Gasteiger partial charge in [0.1, 0.15) is 11.7 Å². The number of nitrogens with one attached hydrogen (secondary N) is 1. The van der Waals surface area contributed by atoms with E-state index >= 15 is 0 Å². The van der Waals surface area contributed by atoms with E-state index in [0.717, 1.165) is 60.7 Å². The zero-order chi connectivity index (χ0) is 28.2. The molecule has 2 unspecified atom stereocenters. The first-order valence-electron chi connectivity index (χ1n) is 14.5. The van der Waals surface area contributed by atoms with E-state index in [0.29, 0.717) is 32.0 Å². The van der Waals surface area contributed by atoms with Crippen LogP contribution in [0.4, 0.5) is 4.79 Å². The Morgan fingerprint density at radius 1 is 1.15 bits per heavy atom. The largest absolute Gasteiger partial charge is 0.465 e. The average molecular weight is 546 g/mol. The number of hydrogen-bond acceptors (Lipinski definition) is 5. The Morgan fingerprint density at radius 3 is 2.60 bits per heavy atom. The van der Waals surface area contributed by atoms with Gasteiger partial charge < -0.3 is 14.6 Å². The highest BCUT2D eigenvalue weighted by Crippen LogP contribution is 2.52. The molecular formula is C31H39N5O4. The number of imide groups is 1. The molecule has 40 heavy (non-hydrogen) atoms. The number of likely N-dealkylation sites (tertiary alicyclic amines) is 2. The number of piperidine rings is 2. The molecule has 3 aliphatic rings. The Morgan fingerprint density at radius 2 is 1.90 bits per heavy atom. The van der Waals surface area contributed by atoms with Crippen LogP contribution in [0.5, 0.6) is 0 Å². The minimum Gasteiger partial charge on any atom is -0.465 e. The van der Waals surface area contributed by atoms with Crippen LogP contribution in [-0.2, 0) is 16.0 Å². The van der Waals surface area contributed by atoms with Crippen molar-refractivity contribution in [1.82, 2.24) is 24.7 Å². The van der Waals surface area contributed by atoms with Crippen LogP contribution in [-0.4, -0.2) is 74.6 Å². The molecule has 5 heterocycles. The Labute approximate surface area is 234 Å². The number of benzene rings is 1. The van der Waals surface area contributed by atoms with Crippen LogP contribution in [0, 0.1) is 10.8 Å². The number of amides is 3. The first-order chi connectivity index (χ1) is 19.1. The van der Waals surface area contributed by atoms with E-state index < -0.39 is 12.1 Å². The Hall–Kier alpha value is -3.46. The van der Waals surface area contributed by atoms with Crippen LogP contribution in [0.2, 0.25) is 0 Å². The van der Waals surface area contributed by atoms with Gasteiger partial charge >= 0.3 is 6.09 Å². The van der Waals surface area contributed by atoms with E-state index in [1.165, 1.54) is 5.56 Å². The Bertz CT molecular complexity index is 1480. The van der Waals surface area contributed by atoms with Crippen LogP contribution in [0.1, 0.15) is 64.5 Å². The SMILES string of the molecule is CC(C)(C)C1N(CCCc2ccnc3c2c2ccccc2n3C2CCC(=O)NC2=O)CC12CCN(C(=O)O)CC2. The molecule has 212 valence electrons. The van der Waals surface area contributed by atoms with Gasteiger partial charge in [0.2, 0.25) is 11.8 Å². The van der Waals surface area contributed by atoms with Crippen molar-refractivity contribution in [2.45, 2.75) is 71.4 Å². The lowest BCUT2D eigenvalue weighted by Gasteiger charge is -2.64. The molecule has 3 amide bonds. The summed E-state index contributed by atoms with van der Waals surface area (Å²) in [7, 11) is 0. The van der Waals surface area contributed by atoms with E-state index in [4.69, 9.17) is 4.98 Å². The third-order valence-corrected chi connectivity index (χ3v) is 9.40. The van der Waals surface area contributed by atoms with Gasteiger partial charge in [-0.25, -0.2) is 9.78 Å². The summed E-state index contributed by atoms with van der Waals surface area (Å²) in [5.41, 5.74) is 3.31. The summed E-state index contributed by atoms with van der Waals surface area (Å²) in [5, 5.41) is 14.1. The molecule has 1 aromatic carbocycles. The van der Waals surface area contributed by atoms with Crippen molar-refractivity contribution >= 4 is 39.8 Å². The number of para-hydroxylation sites is 1. The van der Waals surface area contributed by atoms with E-state index in [-0.39, 0.29) is 22.6 Å². The van der Waals surface area contributed by atoms with Crippen LogP contribution in [0.3, 0.4) is 0 Å². The summed E-state index contributed by atoms with van der Waals surface area (Å²) in [4.78, 5) is 45.0. The predicted octanol–water partition coefficient (Wildman–Crippen LogP) is 4.59. The molecule has 0 aliphatic carbocycles. The van der Waals surface area contributed by atoms with Crippen LogP contribution in [0.25, 0.3) is 21.9 Å². The molecule has 3 aliphatic heterocycles. The van der Waals surface area contributed by atoms with E-state index in [9.17, 15) is 19.5 Å². The first-order valence-corrected chi connectivity index (χ1v) is 14.5. The summed E-state index contributed by atoms with van der Waals surface area (Å²) >= 11 is 0. The maximum atomic E-state index is 12.8. The Kier molecular flexibility index (Phi) is 6.60. The fourth-order valence-corrected chi connectivity index (χ4v) is 8.01. The van der Waals surface area contributed by atoms with Gasteiger partial charge in [-0.15, -0.1) is 0 Å². The van der Waals surface area contributed by atoms with Gasteiger partial charge in [-0.3, -0.25) is 19.8 Å². The molecule has 2 aromatic heterocycles. The monoisotopic (exact) mass is 545 g/mol. The minimum atomic E-state index is -0.805. The first kappa shape index (κ1) is 26.7. The number of carbonyl (C=O) groups excluding carboxylic acids is 2. The molecule has 2 N–H and O–H groups in total. The lowest BCUT2D eigenvalue weighted by atomic mass is 9.57. The average Bonchev–Trinajstić information content (AvgIpc) is 3.22. The van der Waals surface area contributed by atoms with Gasteiger partial charge in [0, 0.05) is 54.5 Å². The molecule has 1 spiro atoms. The molecule has 0 saturated carbocycles. The second kappa shape index (κ2) is 9.87. The second-order valence-electron chi connectivity index (χ2n) is 13.0. The van der Waals surface area contributed by atoms with Gasteiger partial charge in [-0.05, 0) is 61.8 Å². The van der Waals surface area contributed by atoms with Crippen molar-refractivity contribution in [3.05, 3.63) is 42.1 Å². The minimum absolute atomic E-state index is 0.114. The summed E-state index contributed by atoms with van der Waals surface area (Å²) in [5.74, 6) is -0.482. The van der Waals surface area contributed by atoms with Crippen molar-refractivity contribution in [2.75, 3.05) is 26.2 Å². The molecule has 3 saturated heterocycles. The number of hydrogen-bond donors (Lipinski definition) is 2. The molecule has 6 rings (SSSR count). The van der Waals surface area contributed by atoms with E-state index in [2.05, 4.69) is 43.1 Å². The lowest BCUT2D eigenvalue weighted by molar-refractivity contribution is -0.149. The molecule has 3 fully saturated rings. The fourth-order valence-electron chi connectivity index (χ4n) is 8.01. The standard InChI is InChI=1S/C31H39N5O4/c1-30(2,3)28-31(13-17-34(18-14-31)29(39)40)19-35(28)16-6-7-20-12-15-32-26-25(20)21-8-4-5-9-22(21)36(26)23-10-11-24(37)33-27(23)38/h4-5,8-9,12,15,23,28H,6-7,10-11,13-14,16-19H2,1-3H3,(H,39,40)(H,33,37,38). The van der Waals surface area contributed by atoms with Crippen LogP contribution >= 0.6 is 0 Å². The van der Waals surface area contributed by atoms with Crippen molar-refractivity contribution in [3.63, 3.8) is 0 Å². The van der Waals surface area contributed by atoms with Gasteiger partial charge in [0.05, 0.1) is 5.52 Å². The summed E-state index contributed by atoms with van der Waals surface area (Å²) < 4.78 is 2.02. The summed E-state index contributed by atoms with van der Waals surface area (Å²) in [6, 6.07) is 10.2. The van der Waals surface area contributed by atoms with Crippen molar-refractivity contribution < 1.29 is 19.5 Å². The number of aromatic nitrogens is 2. The molecule has 3 aromatic rings. The zero-order valence-electron chi connectivity index (χ0n) is 23.7. The highest BCUT2D eigenvalue weighted by atomic mass is 16.4. The maximum absolute atomic E-state index is 12.8. The maximum Gasteiger partial charge on any atom is 0.407 e. The van der Waals surface area contributed by atoms with Gasteiger partial charge in [-0.1, -0.05) is 39.0 Å². The van der Waals surface area contributed by atoms with Gasteiger partial charge in [0.15, 0.2) is 0 Å². The quantitative estimate of drug-likeness (QED) is 0.454. The predicted molar refractivity (Wildman–Crippen MR) is 153 cm³/mol. The van der Waals surface area contributed by atoms with Crippen LogP contribution < -0.4 is 5.32 Å². The third-order valence-electron chi connectivity index (χ3n) is 9.40. The number of pyridine rings is 1. The number of rotatable bonds is 5. The third kappa shape index (κ3) is 4.44. The summed E-state index contributed by atoms with van der Waals surface area (Å²) in [6.07, 6.45) is 5.60. The molecule has 2 atom stereocenters.